The molecule has 3 aromatic carbocycles. The third-order valence-corrected chi connectivity index (χ3v) is 7.17. The van der Waals surface area contributed by atoms with Crippen LogP contribution in [-0.2, 0) is 35.5 Å². The first-order valence-electron chi connectivity index (χ1n) is 14.8. The molecule has 0 saturated heterocycles. The highest BCUT2D eigenvalue weighted by Crippen LogP contribution is 2.15. The highest BCUT2D eigenvalue weighted by Gasteiger charge is 2.28. The summed E-state index contributed by atoms with van der Waals surface area (Å²) in [7, 11) is 1.54. The van der Waals surface area contributed by atoms with Gasteiger partial charge in [0.15, 0.2) is 0 Å². The van der Waals surface area contributed by atoms with Gasteiger partial charge in [-0.05, 0) is 71.6 Å². The minimum absolute atomic E-state index is 0.189. The maximum absolute atomic E-state index is 13.9. The molecule has 1 heterocycles. The quantitative estimate of drug-likeness (QED) is 0.162. The largest absolute Gasteiger partial charge is 0.497 e. The number of amides is 3. The molecule has 2 unspecified atom stereocenters. The van der Waals surface area contributed by atoms with Crippen LogP contribution < -0.4 is 31.2 Å². The molecule has 0 radical (unpaired) electrons. The molecule has 0 aliphatic rings. The first kappa shape index (κ1) is 32.7. The number of aromatic nitrogens is 1. The lowest BCUT2D eigenvalue weighted by atomic mass is 10.0. The zero-order valence-electron chi connectivity index (χ0n) is 25.5. The molecule has 0 saturated carbocycles. The number of carbonyl (C=O) groups is 3. The SMILES string of the molecule is CCOc1ccc(CC(NC(=O)c2ccc(OC)cc2)C(=O)NC(Cc2cccnc2)C(=O)NCc2ccc(CN)cc2)cc1. The van der Waals surface area contributed by atoms with Crippen LogP contribution in [0.1, 0.15) is 39.5 Å². The molecular formula is C35H39N5O5. The number of rotatable bonds is 15. The van der Waals surface area contributed by atoms with Crippen LogP contribution in [0, 0.1) is 0 Å². The lowest BCUT2D eigenvalue weighted by Gasteiger charge is -2.24. The van der Waals surface area contributed by atoms with Gasteiger partial charge in [-0.15, -0.1) is 0 Å². The lowest BCUT2D eigenvalue weighted by Crippen LogP contribution is -2.55. The van der Waals surface area contributed by atoms with E-state index in [1.165, 1.54) is 0 Å². The van der Waals surface area contributed by atoms with Gasteiger partial charge in [0.2, 0.25) is 11.8 Å². The maximum atomic E-state index is 13.9. The molecule has 2 atom stereocenters. The van der Waals surface area contributed by atoms with E-state index in [1.54, 1.807) is 49.8 Å². The van der Waals surface area contributed by atoms with Gasteiger partial charge in [-0.2, -0.15) is 0 Å². The van der Waals surface area contributed by atoms with Crippen molar-refractivity contribution < 1.29 is 23.9 Å². The minimum atomic E-state index is -0.981. The van der Waals surface area contributed by atoms with Crippen LogP contribution >= 0.6 is 0 Å². The molecule has 1 aromatic heterocycles. The highest BCUT2D eigenvalue weighted by molar-refractivity contribution is 5.98. The van der Waals surface area contributed by atoms with Gasteiger partial charge in [0.1, 0.15) is 23.6 Å². The smallest absolute Gasteiger partial charge is 0.251 e. The van der Waals surface area contributed by atoms with E-state index in [-0.39, 0.29) is 25.3 Å². The van der Waals surface area contributed by atoms with Crippen LogP contribution in [0.4, 0.5) is 0 Å². The molecular weight excluding hydrogens is 570 g/mol. The summed E-state index contributed by atoms with van der Waals surface area (Å²) in [5.74, 6) is 0.0154. The predicted molar refractivity (Wildman–Crippen MR) is 172 cm³/mol. The maximum Gasteiger partial charge on any atom is 0.251 e. The average Bonchev–Trinajstić information content (AvgIpc) is 3.08. The number of pyridine rings is 1. The Morgan fingerprint density at radius 1 is 0.756 bits per heavy atom. The number of hydrogen-bond acceptors (Lipinski definition) is 7. The van der Waals surface area contributed by atoms with E-state index in [9.17, 15) is 14.4 Å². The summed E-state index contributed by atoms with van der Waals surface area (Å²) in [6.45, 7) is 3.13. The summed E-state index contributed by atoms with van der Waals surface area (Å²) in [6.07, 6.45) is 3.69. The molecule has 0 fully saturated rings. The molecule has 10 nitrogen and oxygen atoms in total. The van der Waals surface area contributed by atoms with Gasteiger partial charge >= 0.3 is 0 Å². The van der Waals surface area contributed by atoms with Crippen LogP contribution in [0.25, 0.3) is 0 Å². The molecule has 4 aromatic rings. The summed E-state index contributed by atoms with van der Waals surface area (Å²) in [6, 6.07) is 23.3. The third kappa shape index (κ3) is 9.90. The van der Waals surface area contributed by atoms with E-state index in [0.717, 1.165) is 22.3 Å². The minimum Gasteiger partial charge on any atom is -0.497 e. The van der Waals surface area contributed by atoms with Gasteiger partial charge < -0.3 is 31.2 Å². The van der Waals surface area contributed by atoms with Crippen molar-refractivity contribution in [3.05, 3.63) is 125 Å². The van der Waals surface area contributed by atoms with E-state index in [1.807, 2.05) is 61.5 Å². The number of ether oxygens (including phenoxy) is 2. The number of benzene rings is 3. The Hall–Kier alpha value is -5.22. The Kier molecular flexibility index (Phi) is 12.0. The fourth-order valence-electron chi connectivity index (χ4n) is 4.66. The van der Waals surface area contributed by atoms with Gasteiger partial charge in [-0.3, -0.25) is 19.4 Å². The molecule has 3 amide bonds. The summed E-state index contributed by atoms with van der Waals surface area (Å²) in [4.78, 5) is 44.7. The highest BCUT2D eigenvalue weighted by atomic mass is 16.5. The molecule has 0 aliphatic heterocycles. The summed E-state index contributed by atoms with van der Waals surface area (Å²) < 4.78 is 10.7. The Morgan fingerprint density at radius 3 is 2.00 bits per heavy atom. The van der Waals surface area contributed by atoms with Gasteiger partial charge in [-0.25, -0.2) is 0 Å². The molecule has 0 bridgehead atoms. The van der Waals surface area contributed by atoms with Crippen LogP contribution in [0.2, 0.25) is 0 Å². The van der Waals surface area contributed by atoms with Gasteiger partial charge in [0.05, 0.1) is 13.7 Å². The fraction of sp³-hybridized carbons (Fsp3) is 0.257. The zero-order valence-corrected chi connectivity index (χ0v) is 25.5. The van der Waals surface area contributed by atoms with Crippen molar-refractivity contribution in [2.45, 2.75) is 44.9 Å². The second-order valence-corrected chi connectivity index (χ2v) is 10.4. The number of methoxy groups -OCH3 is 1. The second-order valence-electron chi connectivity index (χ2n) is 10.4. The van der Waals surface area contributed by atoms with Crippen molar-refractivity contribution in [2.75, 3.05) is 13.7 Å². The van der Waals surface area contributed by atoms with Crippen LogP contribution in [0.15, 0.2) is 97.3 Å². The number of nitrogens with zero attached hydrogens (tertiary/aromatic N) is 1. The van der Waals surface area contributed by atoms with E-state index in [4.69, 9.17) is 15.2 Å². The Morgan fingerprint density at radius 2 is 1.38 bits per heavy atom. The van der Waals surface area contributed by atoms with E-state index >= 15 is 0 Å². The normalized spacial score (nSPS) is 12.0. The van der Waals surface area contributed by atoms with Gasteiger partial charge in [-0.1, -0.05) is 42.5 Å². The van der Waals surface area contributed by atoms with Gasteiger partial charge in [0.25, 0.3) is 5.91 Å². The molecule has 4 rings (SSSR count). The topological polar surface area (TPSA) is 145 Å². The molecule has 0 aliphatic carbocycles. The second kappa shape index (κ2) is 16.6. The first-order chi connectivity index (χ1) is 21.9. The molecule has 45 heavy (non-hydrogen) atoms. The zero-order chi connectivity index (χ0) is 32.0. The molecule has 5 N–H and O–H groups in total. The van der Waals surface area contributed by atoms with Crippen LogP contribution in [0.5, 0.6) is 11.5 Å². The monoisotopic (exact) mass is 609 g/mol. The summed E-state index contributed by atoms with van der Waals surface area (Å²) in [5, 5.41) is 8.68. The lowest BCUT2D eigenvalue weighted by molar-refractivity contribution is -0.130. The van der Waals surface area contributed by atoms with Gasteiger partial charge in [0, 0.05) is 43.9 Å². The van der Waals surface area contributed by atoms with Crippen molar-refractivity contribution in [1.29, 1.82) is 0 Å². The standard InChI is InChI=1S/C35H39N5O5/c1-3-45-30-14-10-24(11-15-30)19-32(39-33(41)28-12-16-29(44-2)17-13-28)35(43)40-31(20-27-5-4-18-37-22-27)34(42)38-23-26-8-6-25(21-36)7-9-26/h4-18,22,31-32H,3,19-21,23,36H2,1-2H3,(H,38,42)(H,39,41)(H,40,43). The first-order valence-corrected chi connectivity index (χ1v) is 14.8. The average molecular weight is 610 g/mol. The van der Waals surface area contributed by atoms with Crippen molar-refractivity contribution in [3.8, 4) is 11.5 Å². The van der Waals surface area contributed by atoms with Crippen LogP contribution in [0.3, 0.4) is 0 Å². The van der Waals surface area contributed by atoms with Crippen molar-refractivity contribution >= 4 is 17.7 Å². The third-order valence-electron chi connectivity index (χ3n) is 7.17. The summed E-state index contributed by atoms with van der Waals surface area (Å²) in [5.41, 5.74) is 9.53. The Balaban J connectivity index is 1.54. The van der Waals surface area contributed by atoms with E-state index < -0.39 is 23.9 Å². The number of carbonyl (C=O) groups excluding carboxylic acids is 3. The molecule has 0 spiro atoms. The number of nitrogens with two attached hydrogens (primary N) is 1. The van der Waals surface area contributed by atoms with Crippen molar-refractivity contribution in [1.82, 2.24) is 20.9 Å². The Bertz CT molecular complexity index is 1530. The number of nitrogens with one attached hydrogen (secondary N) is 3. The van der Waals surface area contributed by atoms with Crippen molar-refractivity contribution in [3.63, 3.8) is 0 Å². The summed E-state index contributed by atoms with van der Waals surface area (Å²) >= 11 is 0. The molecule has 234 valence electrons. The Labute approximate surface area is 263 Å². The van der Waals surface area contributed by atoms with E-state index in [2.05, 4.69) is 20.9 Å². The van der Waals surface area contributed by atoms with E-state index in [0.29, 0.717) is 30.2 Å². The van der Waals surface area contributed by atoms with Crippen LogP contribution in [-0.4, -0.2) is 48.5 Å². The van der Waals surface area contributed by atoms with Crippen molar-refractivity contribution in [2.24, 2.45) is 5.73 Å². The molecule has 10 heteroatoms. The predicted octanol–water partition coefficient (Wildman–Crippen LogP) is 3.33. The fourth-order valence-corrected chi connectivity index (χ4v) is 4.66. The number of hydrogen-bond donors (Lipinski definition) is 4.